The molecule has 0 amide bonds. The van der Waals surface area contributed by atoms with E-state index in [2.05, 4.69) is 36.2 Å². The largest absolute Gasteiger partial charge is 0.493 e. The maximum Gasteiger partial charge on any atom is 0.284 e. The Hall–Kier alpha value is -1.62. The van der Waals surface area contributed by atoms with Crippen LogP contribution in [0.5, 0.6) is 5.75 Å². The fourth-order valence-electron chi connectivity index (χ4n) is 1.73. The van der Waals surface area contributed by atoms with Crippen LogP contribution in [0.3, 0.4) is 0 Å². The van der Waals surface area contributed by atoms with E-state index >= 15 is 0 Å². The standard InChI is InChI=1S/C13H16N2O2S/c1-9-5-6-11(10(2)8-9)16-7-3-4-12-14-15-13(18)17-12/h5-6,8H,3-4,7H2,1-2H3,(H,15,18). The van der Waals surface area contributed by atoms with Crippen molar-refractivity contribution in [2.24, 2.45) is 0 Å². The van der Waals surface area contributed by atoms with E-state index in [4.69, 9.17) is 21.4 Å². The summed E-state index contributed by atoms with van der Waals surface area (Å²) >= 11 is 4.80. The van der Waals surface area contributed by atoms with Crippen LogP contribution >= 0.6 is 12.2 Å². The summed E-state index contributed by atoms with van der Waals surface area (Å²) in [6.45, 7) is 4.76. The van der Waals surface area contributed by atoms with Crippen LogP contribution in [0.1, 0.15) is 23.4 Å². The van der Waals surface area contributed by atoms with Gasteiger partial charge in [0, 0.05) is 6.42 Å². The molecule has 1 N–H and O–H groups in total. The van der Waals surface area contributed by atoms with Crippen LogP contribution in [0, 0.1) is 18.7 Å². The maximum atomic E-state index is 5.71. The topological polar surface area (TPSA) is 51.0 Å². The number of hydrogen-bond acceptors (Lipinski definition) is 4. The van der Waals surface area contributed by atoms with Crippen molar-refractivity contribution in [2.45, 2.75) is 26.7 Å². The van der Waals surface area contributed by atoms with Gasteiger partial charge in [0.1, 0.15) is 5.75 Å². The zero-order valence-electron chi connectivity index (χ0n) is 10.5. The van der Waals surface area contributed by atoms with Gasteiger partial charge in [-0.15, -0.1) is 5.10 Å². The monoisotopic (exact) mass is 264 g/mol. The highest BCUT2D eigenvalue weighted by molar-refractivity contribution is 7.71. The summed E-state index contributed by atoms with van der Waals surface area (Å²) in [6.07, 6.45) is 1.56. The van der Waals surface area contributed by atoms with E-state index in [1.54, 1.807) is 0 Å². The van der Waals surface area contributed by atoms with E-state index in [1.807, 2.05) is 6.07 Å². The predicted molar refractivity (Wildman–Crippen MR) is 71.4 cm³/mol. The second-order valence-electron chi connectivity index (χ2n) is 4.23. The Morgan fingerprint density at radius 2 is 2.22 bits per heavy atom. The SMILES string of the molecule is Cc1ccc(OCCCc2n[nH]c(=S)o2)c(C)c1. The fraction of sp³-hybridized carbons (Fsp3) is 0.385. The van der Waals surface area contributed by atoms with Gasteiger partial charge in [0.25, 0.3) is 4.84 Å². The molecule has 5 heteroatoms. The molecular formula is C13H16N2O2S. The molecule has 0 bridgehead atoms. The Balaban J connectivity index is 1.80. The van der Waals surface area contributed by atoms with Crippen LogP contribution in [0.25, 0.3) is 0 Å². The van der Waals surface area contributed by atoms with Gasteiger partial charge in [-0.05, 0) is 44.1 Å². The fourth-order valence-corrected chi connectivity index (χ4v) is 1.88. The molecule has 18 heavy (non-hydrogen) atoms. The molecule has 0 aliphatic carbocycles. The first-order chi connectivity index (χ1) is 8.65. The lowest BCUT2D eigenvalue weighted by Gasteiger charge is -2.08. The maximum absolute atomic E-state index is 5.71. The lowest BCUT2D eigenvalue weighted by atomic mass is 10.1. The average Bonchev–Trinajstić information content (AvgIpc) is 2.73. The van der Waals surface area contributed by atoms with E-state index in [0.717, 1.165) is 24.2 Å². The molecule has 1 heterocycles. The molecule has 0 aliphatic rings. The molecule has 0 unspecified atom stereocenters. The Morgan fingerprint density at radius 3 is 2.89 bits per heavy atom. The Morgan fingerprint density at radius 1 is 1.39 bits per heavy atom. The highest BCUT2D eigenvalue weighted by Crippen LogP contribution is 2.18. The second-order valence-corrected chi connectivity index (χ2v) is 4.60. The van der Waals surface area contributed by atoms with Gasteiger partial charge in [0.2, 0.25) is 5.89 Å². The van der Waals surface area contributed by atoms with Crippen molar-refractivity contribution >= 4 is 12.2 Å². The number of aryl methyl sites for hydroxylation is 3. The number of H-pyrrole nitrogens is 1. The zero-order chi connectivity index (χ0) is 13.0. The number of hydrogen-bond donors (Lipinski definition) is 1. The van der Waals surface area contributed by atoms with Crippen molar-refractivity contribution in [2.75, 3.05) is 6.61 Å². The third kappa shape index (κ3) is 3.43. The molecule has 0 spiro atoms. The number of aromatic nitrogens is 2. The van der Waals surface area contributed by atoms with Gasteiger partial charge in [0.05, 0.1) is 6.61 Å². The Kier molecular flexibility index (Phi) is 4.15. The van der Waals surface area contributed by atoms with Crippen LogP contribution in [-0.2, 0) is 6.42 Å². The molecule has 2 rings (SSSR count). The van der Waals surface area contributed by atoms with Crippen LogP contribution in [0.2, 0.25) is 0 Å². The van der Waals surface area contributed by atoms with Crippen molar-refractivity contribution in [1.29, 1.82) is 0 Å². The number of aromatic amines is 1. The van der Waals surface area contributed by atoms with E-state index < -0.39 is 0 Å². The molecule has 0 saturated carbocycles. The molecule has 96 valence electrons. The van der Waals surface area contributed by atoms with Crippen molar-refractivity contribution < 1.29 is 9.15 Å². The summed E-state index contributed by atoms with van der Waals surface area (Å²) in [5.74, 6) is 1.56. The van der Waals surface area contributed by atoms with Crippen LogP contribution in [0.4, 0.5) is 0 Å². The molecule has 0 fully saturated rings. The summed E-state index contributed by atoms with van der Waals surface area (Å²) in [5, 5.41) is 6.54. The van der Waals surface area contributed by atoms with Crippen LogP contribution in [0.15, 0.2) is 22.6 Å². The first-order valence-corrected chi connectivity index (χ1v) is 6.30. The van der Waals surface area contributed by atoms with Gasteiger partial charge >= 0.3 is 0 Å². The molecular weight excluding hydrogens is 248 g/mol. The number of benzene rings is 1. The predicted octanol–water partition coefficient (Wildman–Crippen LogP) is 3.36. The number of nitrogens with zero attached hydrogens (tertiary/aromatic N) is 1. The second kappa shape index (κ2) is 5.82. The normalized spacial score (nSPS) is 10.6. The van der Waals surface area contributed by atoms with Gasteiger partial charge in [-0.2, -0.15) is 0 Å². The zero-order valence-corrected chi connectivity index (χ0v) is 11.3. The van der Waals surface area contributed by atoms with E-state index in [-0.39, 0.29) is 0 Å². The molecule has 0 saturated heterocycles. The Labute approximate surface area is 111 Å². The smallest absolute Gasteiger partial charge is 0.284 e. The number of nitrogens with one attached hydrogen (secondary N) is 1. The molecule has 4 nitrogen and oxygen atoms in total. The third-order valence-corrected chi connectivity index (χ3v) is 2.78. The minimum absolute atomic E-state index is 0.320. The summed E-state index contributed by atoms with van der Waals surface area (Å²) in [4.78, 5) is 0.320. The van der Waals surface area contributed by atoms with Crippen molar-refractivity contribution in [3.05, 3.63) is 40.1 Å². The lowest BCUT2D eigenvalue weighted by Crippen LogP contribution is -2.01. The van der Waals surface area contributed by atoms with Crippen molar-refractivity contribution in [1.82, 2.24) is 10.2 Å². The summed E-state index contributed by atoms with van der Waals surface area (Å²) in [7, 11) is 0. The quantitative estimate of drug-likeness (QED) is 0.664. The highest BCUT2D eigenvalue weighted by Gasteiger charge is 2.02. The van der Waals surface area contributed by atoms with Gasteiger partial charge in [0.15, 0.2) is 0 Å². The van der Waals surface area contributed by atoms with Crippen LogP contribution in [-0.4, -0.2) is 16.8 Å². The number of ether oxygens (including phenoxy) is 1. The van der Waals surface area contributed by atoms with Gasteiger partial charge in [-0.25, -0.2) is 5.10 Å². The van der Waals surface area contributed by atoms with Crippen molar-refractivity contribution in [3.8, 4) is 5.75 Å². The minimum Gasteiger partial charge on any atom is -0.493 e. The van der Waals surface area contributed by atoms with E-state index in [1.165, 1.54) is 5.56 Å². The van der Waals surface area contributed by atoms with Gasteiger partial charge in [-0.3, -0.25) is 0 Å². The summed E-state index contributed by atoms with van der Waals surface area (Å²) < 4.78 is 10.9. The van der Waals surface area contributed by atoms with Gasteiger partial charge < -0.3 is 9.15 Å². The molecule has 1 aromatic heterocycles. The summed E-state index contributed by atoms with van der Waals surface area (Å²) in [5.41, 5.74) is 2.40. The third-order valence-electron chi connectivity index (χ3n) is 2.61. The van der Waals surface area contributed by atoms with Crippen LogP contribution < -0.4 is 4.74 Å². The Bertz CT molecular complexity index is 574. The lowest BCUT2D eigenvalue weighted by molar-refractivity contribution is 0.302. The highest BCUT2D eigenvalue weighted by atomic mass is 32.1. The molecule has 0 aliphatic heterocycles. The first-order valence-electron chi connectivity index (χ1n) is 5.89. The van der Waals surface area contributed by atoms with E-state index in [9.17, 15) is 0 Å². The molecule has 0 atom stereocenters. The average molecular weight is 264 g/mol. The molecule has 0 radical (unpaired) electrons. The number of rotatable bonds is 5. The molecule has 1 aromatic carbocycles. The summed E-state index contributed by atoms with van der Waals surface area (Å²) in [6, 6.07) is 6.17. The van der Waals surface area contributed by atoms with Gasteiger partial charge in [-0.1, -0.05) is 17.7 Å². The molecule has 2 aromatic rings. The minimum atomic E-state index is 0.320. The van der Waals surface area contributed by atoms with Crippen molar-refractivity contribution in [3.63, 3.8) is 0 Å². The van der Waals surface area contributed by atoms with E-state index in [0.29, 0.717) is 17.3 Å². The first kappa shape index (κ1) is 12.8.